The zero-order valence-corrected chi connectivity index (χ0v) is 16.2. The summed E-state index contributed by atoms with van der Waals surface area (Å²) in [5, 5.41) is 0. The maximum atomic E-state index is 11.7. The van der Waals surface area contributed by atoms with E-state index in [1.807, 2.05) is 0 Å². The van der Waals surface area contributed by atoms with E-state index in [0.29, 0.717) is 0 Å². The summed E-state index contributed by atoms with van der Waals surface area (Å²) >= 11 is 0. The minimum Gasteiger partial charge on any atom is -0.463 e. The van der Waals surface area contributed by atoms with Crippen molar-refractivity contribution in [3.8, 4) is 0 Å². The molecule has 13 nitrogen and oxygen atoms in total. The summed E-state index contributed by atoms with van der Waals surface area (Å²) in [7, 11) is 0. The van der Waals surface area contributed by atoms with Gasteiger partial charge in [0.05, 0.1) is 6.33 Å². The van der Waals surface area contributed by atoms with Gasteiger partial charge >= 0.3 is 17.9 Å². The fourth-order valence-corrected chi connectivity index (χ4v) is 3.07. The molecule has 1 saturated heterocycles. The van der Waals surface area contributed by atoms with Gasteiger partial charge in [-0.25, -0.2) is 19.7 Å². The molecular formula is C17H17N5O8. The van der Waals surface area contributed by atoms with Gasteiger partial charge in [0.2, 0.25) is 6.08 Å². The summed E-state index contributed by atoms with van der Waals surface area (Å²) in [6.45, 7) is 3.34. The Morgan fingerprint density at radius 3 is 2.43 bits per heavy atom. The monoisotopic (exact) mass is 419 g/mol. The van der Waals surface area contributed by atoms with E-state index in [1.165, 1.54) is 37.7 Å². The molecule has 3 rings (SSSR count). The van der Waals surface area contributed by atoms with Crippen LogP contribution in [0.3, 0.4) is 0 Å². The molecule has 4 atom stereocenters. The van der Waals surface area contributed by atoms with E-state index in [4.69, 9.17) is 18.9 Å². The predicted molar refractivity (Wildman–Crippen MR) is 94.8 cm³/mol. The Bertz CT molecular complexity index is 1030. The molecule has 3 heterocycles. The van der Waals surface area contributed by atoms with E-state index in [9.17, 15) is 19.2 Å². The topological polar surface area (TPSA) is 161 Å². The van der Waals surface area contributed by atoms with Crippen LogP contribution in [0, 0.1) is 0 Å². The number of hydrogen-bond donors (Lipinski definition) is 0. The minimum absolute atomic E-state index is 0.0104. The molecule has 1 fully saturated rings. The van der Waals surface area contributed by atoms with Crippen LogP contribution in [0.15, 0.2) is 17.6 Å². The number of carbonyl (C=O) groups is 3. The Morgan fingerprint density at radius 1 is 1.10 bits per heavy atom. The molecule has 0 aromatic carbocycles. The summed E-state index contributed by atoms with van der Waals surface area (Å²) < 4.78 is 23.0. The minimum atomic E-state index is -1.10. The molecule has 0 aliphatic carbocycles. The molecule has 0 spiro atoms. The zero-order chi connectivity index (χ0) is 21.8. The first-order valence-electron chi connectivity index (χ1n) is 8.70. The number of hydrogen-bond acceptors (Lipinski definition) is 12. The average Bonchev–Trinajstić information content (AvgIpc) is 3.22. The highest BCUT2D eigenvalue weighted by atomic mass is 16.7. The lowest BCUT2D eigenvalue weighted by molar-refractivity contribution is -0.166. The van der Waals surface area contributed by atoms with Crippen molar-refractivity contribution < 1.29 is 38.1 Å². The number of esters is 3. The molecule has 30 heavy (non-hydrogen) atoms. The second-order valence-electron chi connectivity index (χ2n) is 6.24. The van der Waals surface area contributed by atoms with Crippen molar-refractivity contribution in [1.29, 1.82) is 0 Å². The second kappa shape index (κ2) is 8.76. The van der Waals surface area contributed by atoms with Gasteiger partial charge in [-0.3, -0.25) is 19.0 Å². The lowest BCUT2D eigenvalue weighted by atomic mass is 10.1. The van der Waals surface area contributed by atoms with Crippen LogP contribution in [-0.4, -0.2) is 68.4 Å². The van der Waals surface area contributed by atoms with Crippen LogP contribution in [0.4, 0.5) is 5.82 Å². The molecule has 0 bridgehead atoms. The van der Waals surface area contributed by atoms with Gasteiger partial charge in [-0.2, -0.15) is 0 Å². The number of imidazole rings is 1. The van der Waals surface area contributed by atoms with Gasteiger partial charge in [0.25, 0.3) is 0 Å². The summed E-state index contributed by atoms with van der Waals surface area (Å²) in [4.78, 5) is 60.7. The Kier molecular flexibility index (Phi) is 6.14. The smallest absolute Gasteiger partial charge is 0.303 e. The van der Waals surface area contributed by atoms with Crippen LogP contribution in [0.2, 0.25) is 0 Å². The number of fused-ring (bicyclic) bond motifs is 1. The summed E-state index contributed by atoms with van der Waals surface area (Å²) in [5.41, 5.74) is 0.398. The van der Waals surface area contributed by atoms with Crippen LogP contribution in [0.25, 0.3) is 11.2 Å². The van der Waals surface area contributed by atoms with Gasteiger partial charge < -0.3 is 18.9 Å². The van der Waals surface area contributed by atoms with Crippen LogP contribution < -0.4 is 0 Å². The molecule has 158 valence electrons. The number of isocyanates is 1. The molecule has 0 N–H and O–H groups in total. The SMILES string of the molecule is CC(=O)OC[C@H]1O[C@@H](n2cnc3c(N=C=O)ncnc32)[C@H](OC(C)=O)[C@@H]1OC(C)=O. The zero-order valence-electron chi connectivity index (χ0n) is 16.2. The van der Waals surface area contributed by atoms with Gasteiger partial charge in [-0.15, -0.1) is 4.99 Å². The van der Waals surface area contributed by atoms with E-state index < -0.39 is 42.4 Å². The van der Waals surface area contributed by atoms with E-state index in [0.717, 1.165) is 6.33 Å². The van der Waals surface area contributed by atoms with Crippen molar-refractivity contribution in [1.82, 2.24) is 19.5 Å². The predicted octanol–water partition coefficient (Wildman–Crippen LogP) is 0.117. The Hall–Kier alpha value is -3.70. The first-order valence-corrected chi connectivity index (χ1v) is 8.70. The summed E-state index contributed by atoms with van der Waals surface area (Å²) in [6.07, 6.45) is -0.270. The molecular weight excluding hydrogens is 402 g/mol. The molecule has 2 aromatic heterocycles. The molecule has 0 radical (unpaired) electrons. The van der Waals surface area contributed by atoms with E-state index in [1.54, 1.807) is 0 Å². The molecule has 0 saturated carbocycles. The van der Waals surface area contributed by atoms with Crippen LogP contribution in [-0.2, 0) is 38.1 Å². The van der Waals surface area contributed by atoms with Gasteiger partial charge in [0.15, 0.2) is 35.4 Å². The van der Waals surface area contributed by atoms with Gasteiger partial charge in [0, 0.05) is 20.8 Å². The van der Waals surface area contributed by atoms with Crippen molar-refractivity contribution in [2.24, 2.45) is 4.99 Å². The van der Waals surface area contributed by atoms with Crippen molar-refractivity contribution >= 4 is 41.0 Å². The van der Waals surface area contributed by atoms with Gasteiger partial charge in [-0.1, -0.05) is 0 Å². The molecule has 0 amide bonds. The molecule has 1 aliphatic rings. The number of nitrogens with zero attached hydrogens (tertiary/aromatic N) is 5. The highest BCUT2D eigenvalue weighted by molar-refractivity contribution is 5.82. The average molecular weight is 419 g/mol. The summed E-state index contributed by atoms with van der Waals surface area (Å²) in [6, 6.07) is 0. The number of rotatable bonds is 6. The number of carbonyl (C=O) groups excluding carboxylic acids is 4. The maximum absolute atomic E-state index is 11.7. The normalized spacial score (nSPS) is 22.9. The quantitative estimate of drug-likeness (QED) is 0.270. The van der Waals surface area contributed by atoms with Crippen molar-refractivity contribution in [3.05, 3.63) is 12.7 Å². The maximum Gasteiger partial charge on any atom is 0.303 e. The fraction of sp³-hybridized carbons (Fsp3) is 0.471. The Morgan fingerprint density at radius 2 is 1.80 bits per heavy atom. The van der Waals surface area contributed by atoms with Crippen molar-refractivity contribution in [3.63, 3.8) is 0 Å². The third-order valence-corrected chi connectivity index (χ3v) is 4.11. The largest absolute Gasteiger partial charge is 0.463 e. The first kappa shape index (κ1) is 21.0. The standard InChI is InChI=1S/C17H17N5O8/c1-8(24)27-4-11-13(28-9(2)25)14(29-10(3)26)17(30-11)22-6-20-12-15(21-7-23)18-5-19-16(12)22/h5-6,11,13-14,17H,4H2,1-3H3/t11-,13-,14-,17-/m1/s1. The molecule has 0 unspecified atom stereocenters. The van der Waals surface area contributed by atoms with Crippen LogP contribution in [0.5, 0.6) is 0 Å². The molecule has 1 aliphatic heterocycles. The fourth-order valence-electron chi connectivity index (χ4n) is 3.07. The Balaban J connectivity index is 2.04. The third-order valence-electron chi connectivity index (χ3n) is 4.11. The number of ether oxygens (including phenoxy) is 4. The van der Waals surface area contributed by atoms with E-state index >= 15 is 0 Å². The lowest BCUT2D eigenvalue weighted by Gasteiger charge is -2.23. The summed E-state index contributed by atoms with van der Waals surface area (Å²) in [5.74, 6) is -1.87. The molecule has 2 aromatic rings. The third kappa shape index (κ3) is 4.31. The Labute approximate surface area is 169 Å². The number of aromatic nitrogens is 4. The lowest BCUT2D eigenvalue weighted by Crippen LogP contribution is -2.40. The van der Waals surface area contributed by atoms with Gasteiger partial charge in [0.1, 0.15) is 19.0 Å². The highest BCUT2D eigenvalue weighted by Crippen LogP contribution is 2.36. The van der Waals surface area contributed by atoms with Crippen molar-refractivity contribution in [2.45, 2.75) is 45.3 Å². The van der Waals surface area contributed by atoms with E-state index in [-0.39, 0.29) is 23.6 Å². The second-order valence-corrected chi connectivity index (χ2v) is 6.24. The van der Waals surface area contributed by atoms with Crippen LogP contribution >= 0.6 is 0 Å². The van der Waals surface area contributed by atoms with Gasteiger partial charge in [-0.05, 0) is 0 Å². The van der Waals surface area contributed by atoms with Crippen molar-refractivity contribution in [2.75, 3.05) is 6.61 Å². The first-order chi connectivity index (χ1) is 14.3. The highest BCUT2D eigenvalue weighted by Gasteiger charge is 2.51. The van der Waals surface area contributed by atoms with E-state index in [2.05, 4.69) is 19.9 Å². The molecule has 13 heteroatoms. The number of aliphatic imine (C=N–C) groups is 1. The van der Waals surface area contributed by atoms with Crippen LogP contribution in [0.1, 0.15) is 27.0 Å².